The zero-order valence-electron chi connectivity index (χ0n) is 14.2. The Balaban J connectivity index is 0. The van der Waals surface area contributed by atoms with E-state index in [1.54, 1.807) is 7.11 Å². The molecule has 1 aliphatic rings. The first-order chi connectivity index (χ1) is 10.4. The molecule has 0 aromatic carbocycles. The molecule has 10 heteroatoms. The van der Waals surface area contributed by atoms with Crippen LogP contribution in [0.25, 0.3) is 0 Å². The third-order valence-corrected chi connectivity index (χ3v) is 4.46. The summed E-state index contributed by atoms with van der Waals surface area (Å²) >= 11 is 0. The van der Waals surface area contributed by atoms with E-state index >= 15 is 0 Å². The van der Waals surface area contributed by atoms with Gasteiger partial charge in [-0.25, -0.2) is 0 Å². The lowest BCUT2D eigenvalue weighted by Gasteiger charge is -2.30. The van der Waals surface area contributed by atoms with Crippen molar-refractivity contribution in [1.82, 2.24) is 4.90 Å². The molecular weight excluding hydrogens is 358 g/mol. The summed E-state index contributed by atoms with van der Waals surface area (Å²) in [5.41, 5.74) is 4.82. The fraction of sp³-hybridized carbons (Fsp3) is 0.929. The molecule has 1 heterocycles. The van der Waals surface area contributed by atoms with Crippen molar-refractivity contribution in [1.29, 1.82) is 0 Å². The van der Waals surface area contributed by atoms with Gasteiger partial charge in [0.05, 0.1) is 6.61 Å². The van der Waals surface area contributed by atoms with Crippen molar-refractivity contribution in [2.24, 2.45) is 5.73 Å². The van der Waals surface area contributed by atoms with E-state index in [4.69, 9.17) is 20.5 Å². The minimum absolute atomic E-state index is 0. The molecule has 0 unspecified atom stereocenters. The van der Waals surface area contributed by atoms with E-state index in [9.17, 15) is 9.90 Å². The molecule has 0 saturated carbocycles. The Hall–Kier alpha value is -0.0851. The molecule has 0 aromatic heterocycles. The lowest BCUT2D eigenvalue weighted by Crippen LogP contribution is -2.50. The number of hydrogen-bond acceptors (Lipinski definition) is 6. The zero-order valence-corrected chi connectivity index (χ0v) is 15.9. The summed E-state index contributed by atoms with van der Waals surface area (Å²) in [5.74, 6) is -0.987. The molecule has 5 N–H and O–H groups in total. The summed E-state index contributed by atoms with van der Waals surface area (Å²) in [4.78, 5) is 13.7. The highest BCUT2D eigenvalue weighted by Crippen LogP contribution is 2.22. The molecule has 144 valence electrons. The van der Waals surface area contributed by atoms with Crippen LogP contribution in [-0.4, -0.2) is 71.5 Å². The van der Waals surface area contributed by atoms with Crippen LogP contribution in [0.3, 0.4) is 0 Å². The van der Waals surface area contributed by atoms with Gasteiger partial charge in [0.1, 0.15) is 5.54 Å². The Morgan fingerprint density at radius 1 is 1.33 bits per heavy atom. The molecule has 0 spiro atoms. The van der Waals surface area contributed by atoms with Crippen molar-refractivity contribution in [2.45, 2.75) is 56.4 Å². The average Bonchev–Trinajstić information content (AvgIpc) is 2.89. The van der Waals surface area contributed by atoms with Crippen molar-refractivity contribution >= 4 is 37.9 Å². The molecule has 2 atom stereocenters. The maximum absolute atomic E-state index is 11.5. The van der Waals surface area contributed by atoms with Gasteiger partial charge in [0, 0.05) is 19.7 Å². The third-order valence-electron chi connectivity index (χ3n) is 4.46. The SMILES string of the molecule is COC[C@@H]1CCCN1CC[C@](N)(CCCCB(O)O)C(=O)O.Cl.Cl. The number of hydrogen-bond donors (Lipinski definition) is 4. The number of carboxylic acids is 1. The molecule has 1 rings (SSSR count). The van der Waals surface area contributed by atoms with E-state index in [2.05, 4.69) is 4.90 Å². The molecule has 0 amide bonds. The molecule has 24 heavy (non-hydrogen) atoms. The van der Waals surface area contributed by atoms with Gasteiger partial charge in [-0.05, 0) is 38.5 Å². The van der Waals surface area contributed by atoms with Gasteiger partial charge in [-0.1, -0.05) is 12.8 Å². The quantitative estimate of drug-likeness (QED) is 0.305. The Kier molecular flexibility index (Phi) is 14.3. The van der Waals surface area contributed by atoms with E-state index in [0.717, 1.165) is 19.4 Å². The molecular formula is C14H31BCl2N2O5. The number of nitrogens with two attached hydrogens (primary N) is 1. The molecule has 1 fully saturated rings. The number of methoxy groups -OCH3 is 1. The molecule has 0 aliphatic carbocycles. The van der Waals surface area contributed by atoms with Crippen LogP contribution in [0.5, 0.6) is 0 Å². The second kappa shape index (κ2) is 13.2. The number of carboxylic acid groups (broad SMARTS) is 1. The van der Waals surface area contributed by atoms with Crippen LogP contribution in [0.15, 0.2) is 0 Å². The van der Waals surface area contributed by atoms with Crippen LogP contribution >= 0.6 is 24.8 Å². The number of nitrogens with zero attached hydrogens (tertiary/aromatic N) is 1. The predicted octanol–water partition coefficient (Wildman–Crippen LogP) is 0.756. The fourth-order valence-electron chi connectivity index (χ4n) is 3.02. The highest BCUT2D eigenvalue weighted by Gasteiger charge is 2.35. The van der Waals surface area contributed by atoms with Crippen molar-refractivity contribution in [2.75, 3.05) is 26.8 Å². The summed E-state index contributed by atoms with van der Waals surface area (Å²) in [6.45, 7) is 2.28. The van der Waals surface area contributed by atoms with Gasteiger partial charge < -0.3 is 25.6 Å². The van der Waals surface area contributed by atoms with Crippen molar-refractivity contribution in [3.8, 4) is 0 Å². The summed E-state index contributed by atoms with van der Waals surface area (Å²) in [7, 11) is 0.340. The monoisotopic (exact) mass is 388 g/mol. The molecule has 0 aromatic rings. The molecule has 1 saturated heterocycles. The van der Waals surface area contributed by atoms with Gasteiger partial charge in [0.15, 0.2) is 0 Å². The number of ether oxygens (including phenoxy) is 1. The van der Waals surface area contributed by atoms with E-state index < -0.39 is 18.6 Å². The largest absolute Gasteiger partial charge is 0.480 e. The Morgan fingerprint density at radius 2 is 2.00 bits per heavy atom. The number of rotatable bonds is 11. The second-order valence-corrected chi connectivity index (χ2v) is 6.23. The number of unbranched alkanes of at least 4 members (excludes halogenated alkanes) is 1. The summed E-state index contributed by atoms with van der Waals surface area (Å²) in [6, 6.07) is 0.354. The number of carbonyl (C=O) groups is 1. The minimum Gasteiger partial charge on any atom is -0.480 e. The van der Waals surface area contributed by atoms with Crippen LogP contribution in [-0.2, 0) is 9.53 Å². The molecule has 1 aliphatic heterocycles. The van der Waals surface area contributed by atoms with Crippen molar-refractivity contribution in [3.63, 3.8) is 0 Å². The Bertz CT molecular complexity index is 355. The van der Waals surface area contributed by atoms with Gasteiger partial charge in [0.25, 0.3) is 0 Å². The maximum Gasteiger partial charge on any atom is 0.451 e. The first-order valence-corrected chi connectivity index (χ1v) is 8.00. The van der Waals surface area contributed by atoms with E-state index in [1.807, 2.05) is 0 Å². The lowest BCUT2D eigenvalue weighted by molar-refractivity contribution is -0.144. The number of aliphatic carboxylic acids is 1. The Labute approximate surface area is 156 Å². The van der Waals surface area contributed by atoms with E-state index in [1.165, 1.54) is 0 Å². The van der Waals surface area contributed by atoms with Gasteiger partial charge in [-0.15, -0.1) is 24.8 Å². The van der Waals surface area contributed by atoms with E-state index in [0.29, 0.717) is 44.9 Å². The lowest BCUT2D eigenvalue weighted by atomic mass is 9.81. The highest BCUT2D eigenvalue weighted by atomic mass is 35.5. The average molecular weight is 389 g/mol. The van der Waals surface area contributed by atoms with Gasteiger partial charge in [-0.3, -0.25) is 9.69 Å². The highest BCUT2D eigenvalue weighted by molar-refractivity contribution is 6.40. The maximum atomic E-state index is 11.5. The van der Waals surface area contributed by atoms with Crippen LogP contribution in [0, 0.1) is 0 Å². The number of halogens is 2. The predicted molar refractivity (Wildman–Crippen MR) is 99.0 cm³/mol. The molecule has 0 radical (unpaired) electrons. The van der Waals surface area contributed by atoms with Gasteiger partial charge >= 0.3 is 13.1 Å². The van der Waals surface area contributed by atoms with Crippen LogP contribution in [0.4, 0.5) is 0 Å². The summed E-state index contributed by atoms with van der Waals surface area (Å²) in [6.07, 6.45) is 4.29. The first kappa shape index (κ1) is 26.1. The zero-order chi connectivity index (χ0) is 16.6. The van der Waals surface area contributed by atoms with Crippen molar-refractivity contribution in [3.05, 3.63) is 0 Å². The third kappa shape index (κ3) is 8.85. The number of likely N-dealkylation sites (tertiary alicyclic amines) is 1. The van der Waals surface area contributed by atoms with Crippen LogP contribution in [0.2, 0.25) is 6.32 Å². The topological polar surface area (TPSA) is 116 Å². The standard InChI is InChI=1S/C14H29BN2O5.2ClH/c1-22-11-12-5-4-9-17(12)10-7-14(16,13(18)19)6-2-3-8-15(20)21;;/h12,20-21H,2-11,16H2,1H3,(H,18,19);2*1H/t12-,14+;;/m0../s1. The van der Waals surface area contributed by atoms with Gasteiger partial charge in [0.2, 0.25) is 0 Å². The summed E-state index contributed by atoms with van der Waals surface area (Å²) in [5, 5.41) is 27.0. The minimum atomic E-state index is -1.34. The van der Waals surface area contributed by atoms with E-state index in [-0.39, 0.29) is 31.1 Å². The van der Waals surface area contributed by atoms with Crippen LogP contribution in [0.1, 0.15) is 38.5 Å². The summed E-state index contributed by atoms with van der Waals surface area (Å²) < 4.78 is 5.20. The molecule has 0 bridgehead atoms. The van der Waals surface area contributed by atoms with Crippen LogP contribution < -0.4 is 5.73 Å². The smallest absolute Gasteiger partial charge is 0.451 e. The normalized spacial score (nSPS) is 19.9. The Morgan fingerprint density at radius 3 is 2.54 bits per heavy atom. The molecule has 7 nitrogen and oxygen atoms in total. The fourth-order valence-corrected chi connectivity index (χ4v) is 3.02. The van der Waals surface area contributed by atoms with Gasteiger partial charge in [-0.2, -0.15) is 0 Å². The van der Waals surface area contributed by atoms with Crippen molar-refractivity contribution < 1.29 is 24.7 Å². The second-order valence-electron chi connectivity index (χ2n) is 6.23. The first-order valence-electron chi connectivity index (χ1n) is 8.00.